The first kappa shape index (κ1) is 34.8. The smallest absolute Gasteiger partial charge is 0.324 e. The minimum Gasteiger partial charge on any atom is -0.493 e. The lowest BCUT2D eigenvalue weighted by Crippen LogP contribution is -2.63. The van der Waals surface area contributed by atoms with Crippen LogP contribution in [-0.2, 0) is 28.5 Å². The Morgan fingerprint density at radius 2 is 1.67 bits per heavy atom. The number of aliphatic hydroxyl groups excluding tert-OH is 2. The number of esters is 1. The fourth-order valence-corrected chi connectivity index (χ4v) is 8.53. The van der Waals surface area contributed by atoms with Crippen LogP contribution >= 0.6 is 11.3 Å². The van der Waals surface area contributed by atoms with Gasteiger partial charge in [-0.15, -0.1) is 0 Å². The summed E-state index contributed by atoms with van der Waals surface area (Å²) in [4.78, 5) is 25.2. The van der Waals surface area contributed by atoms with Crippen LogP contribution in [0.5, 0.6) is 28.7 Å². The van der Waals surface area contributed by atoms with Crippen LogP contribution in [0.4, 0.5) is 5.00 Å². The Bertz CT molecular complexity index is 1840. The zero-order chi connectivity index (χ0) is 36.4. The van der Waals surface area contributed by atoms with Gasteiger partial charge in [-0.1, -0.05) is 11.3 Å². The summed E-state index contributed by atoms with van der Waals surface area (Å²) in [5, 5.41) is 33.5. The molecule has 16 nitrogen and oxygen atoms in total. The molecule has 2 aromatic carbocycles. The molecule has 17 heteroatoms. The van der Waals surface area contributed by atoms with Crippen LogP contribution in [0.25, 0.3) is 0 Å². The van der Waals surface area contributed by atoms with Crippen molar-refractivity contribution in [1.82, 2.24) is 0 Å². The van der Waals surface area contributed by atoms with E-state index in [4.69, 9.17) is 47.4 Å². The van der Waals surface area contributed by atoms with E-state index in [9.17, 15) is 25.1 Å². The van der Waals surface area contributed by atoms with E-state index < -0.39 is 77.9 Å². The second kappa shape index (κ2) is 13.6. The number of benzene rings is 2. The molecule has 5 aliphatic rings. The molecule has 11 atom stereocenters. The number of fused-ring (bicyclic) bond motifs is 4. The lowest BCUT2D eigenvalue weighted by Gasteiger charge is -2.47. The molecule has 1 unspecified atom stereocenters. The van der Waals surface area contributed by atoms with Crippen molar-refractivity contribution in [3.05, 3.63) is 68.1 Å². The molecule has 3 saturated heterocycles. The number of ether oxygens (including phenoxy) is 10. The zero-order valence-electron chi connectivity index (χ0n) is 28.5. The number of hydrogen-bond acceptors (Lipinski definition) is 16. The molecule has 3 fully saturated rings. The molecule has 4 aliphatic heterocycles. The molecule has 52 heavy (non-hydrogen) atoms. The molecule has 0 radical (unpaired) electrons. The first-order chi connectivity index (χ1) is 25.1. The van der Waals surface area contributed by atoms with Crippen molar-refractivity contribution in [2.45, 2.75) is 69.0 Å². The zero-order valence-corrected chi connectivity index (χ0v) is 29.3. The van der Waals surface area contributed by atoms with Gasteiger partial charge in [0.05, 0.1) is 49.3 Å². The maximum absolute atomic E-state index is 13.7. The SMILES string of the molecule is COc1cc([C@@H]2c3cc4c(cc3[C@@H](O[C@@H]3O[C@@H]5CO[C@@H](C)O[C@H]5[C@H](O)[C@H]3O)[C@H]3COC(=O)[C@H]23)OCO4)cc(OC)c1OC(C)c1ccc([N+](=O)[O-])s1. The van der Waals surface area contributed by atoms with Crippen LogP contribution in [0.1, 0.15) is 53.5 Å². The van der Waals surface area contributed by atoms with Gasteiger partial charge < -0.3 is 57.6 Å². The van der Waals surface area contributed by atoms with Gasteiger partial charge in [0, 0.05) is 17.9 Å². The van der Waals surface area contributed by atoms with Gasteiger partial charge in [-0.2, -0.15) is 0 Å². The third kappa shape index (κ3) is 5.89. The number of cyclic esters (lactones) is 1. The Kier molecular flexibility index (Phi) is 9.13. The first-order valence-electron chi connectivity index (χ1n) is 16.8. The van der Waals surface area contributed by atoms with Gasteiger partial charge in [-0.05, 0) is 60.9 Å². The van der Waals surface area contributed by atoms with Crippen LogP contribution in [0.3, 0.4) is 0 Å². The van der Waals surface area contributed by atoms with Crippen LogP contribution in [0.15, 0.2) is 36.4 Å². The number of carbonyl (C=O) groups is 1. The van der Waals surface area contributed by atoms with E-state index in [-0.39, 0.29) is 30.8 Å². The van der Waals surface area contributed by atoms with E-state index in [0.29, 0.717) is 44.6 Å². The summed E-state index contributed by atoms with van der Waals surface area (Å²) in [5.74, 6) is -0.557. The summed E-state index contributed by atoms with van der Waals surface area (Å²) in [6.07, 6.45) is -7.62. The van der Waals surface area contributed by atoms with Crippen molar-refractivity contribution in [2.24, 2.45) is 11.8 Å². The number of aliphatic hydroxyl groups is 2. The maximum Gasteiger partial charge on any atom is 0.324 e. The van der Waals surface area contributed by atoms with Gasteiger partial charge in [-0.3, -0.25) is 14.9 Å². The molecule has 0 saturated carbocycles. The van der Waals surface area contributed by atoms with Gasteiger partial charge in [0.2, 0.25) is 12.5 Å². The van der Waals surface area contributed by atoms with Crippen LogP contribution in [-0.4, -0.2) is 92.3 Å². The van der Waals surface area contributed by atoms with E-state index in [0.717, 1.165) is 11.3 Å². The van der Waals surface area contributed by atoms with Crippen molar-refractivity contribution in [3.63, 3.8) is 0 Å². The molecule has 2 N–H and O–H groups in total. The Labute approximate surface area is 301 Å². The molecule has 5 heterocycles. The van der Waals surface area contributed by atoms with Gasteiger partial charge in [0.25, 0.3) is 0 Å². The fraction of sp³-hybridized carbons (Fsp3) is 0.514. The average Bonchev–Trinajstić information content (AvgIpc) is 3.91. The number of nitrogens with zero attached hydrogens (tertiary/aromatic N) is 1. The van der Waals surface area contributed by atoms with Crippen molar-refractivity contribution in [2.75, 3.05) is 34.2 Å². The molecule has 0 bridgehead atoms. The third-order valence-corrected chi connectivity index (χ3v) is 11.4. The highest BCUT2D eigenvalue weighted by atomic mass is 32.1. The number of rotatable bonds is 9. The standard InChI is InChI=1S/C35H37NO15S/c1-14(25-5-6-26(52-25)36(40)41)48-32-22(42-3)7-16(8-23(32)43-4)27-17-9-20-21(47-13-46-20)10-18(17)31(19-11-45-34(39)28(19)27)51-35-30(38)29(37)33-24(50-35)12-44-15(2)49-33/h5-10,14-15,19,24,27-31,33,35,37-38H,11-13H2,1-4H3/t14?,15-,19+,24-,27-,28+,29-,30-,31-,33-,35+/m1/s1. The third-order valence-electron chi connectivity index (χ3n) is 10.2. The number of carbonyl (C=O) groups excluding carboxylic acids is 1. The highest BCUT2D eigenvalue weighted by molar-refractivity contribution is 7.15. The van der Waals surface area contributed by atoms with E-state index in [1.165, 1.54) is 20.3 Å². The second-order valence-corrected chi connectivity index (χ2v) is 14.3. The van der Waals surface area contributed by atoms with Gasteiger partial charge in [-0.25, -0.2) is 0 Å². The summed E-state index contributed by atoms with van der Waals surface area (Å²) in [5.41, 5.74) is 1.97. The molecule has 1 aromatic heterocycles. The summed E-state index contributed by atoms with van der Waals surface area (Å²) in [7, 11) is 2.96. The molecule has 0 amide bonds. The van der Waals surface area contributed by atoms with E-state index >= 15 is 0 Å². The molecule has 0 spiro atoms. The molecule has 8 rings (SSSR count). The normalized spacial score (nSPS) is 32.2. The minimum absolute atomic E-state index is 0.000708. The Hall–Kier alpha value is -4.23. The molecular formula is C35H37NO15S. The monoisotopic (exact) mass is 743 g/mol. The van der Waals surface area contributed by atoms with Crippen LogP contribution in [0, 0.1) is 22.0 Å². The van der Waals surface area contributed by atoms with Crippen LogP contribution in [0.2, 0.25) is 0 Å². The molecule has 1 aliphatic carbocycles. The quantitative estimate of drug-likeness (QED) is 0.183. The Morgan fingerprint density at radius 3 is 2.35 bits per heavy atom. The second-order valence-electron chi connectivity index (χ2n) is 13.2. The average molecular weight is 744 g/mol. The van der Waals surface area contributed by atoms with Crippen molar-refractivity contribution >= 4 is 22.3 Å². The molecular weight excluding hydrogens is 706 g/mol. The van der Waals surface area contributed by atoms with Crippen molar-refractivity contribution < 1.29 is 67.3 Å². The summed E-state index contributed by atoms with van der Waals surface area (Å²) in [6, 6.07) is 10.2. The fourth-order valence-electron chi connectivity index (χ4n) is 7.73. The lowest BCUT2D eigenvalue weighted by atomic mass is 9.66. The first-order valence-corrected chi connectivity index (χ1v) is 17.6. The lowest BCUT2D eigenvalue weighted by molar-refractivity contribution is -0.380. The Morgan fingerprint density at radius 1 is 0.962 bits per heavy atom. The summed E-state index contributed by atoms with van der Waals surface area (Å²) in [6.45, 7) is 3.60. The van der Waals surface area contributed by atoms with Crippen molar-refractivity contribution in [3.8, 4) is 28.7 Å². The predicted octanol–water partition coefficient (Wildman–Crippen LogP) is 3.74. The van der Waals surface area contributed by atoms with Gasteiger partial charge in [0.15, 0.2) is 35.6 Å². The summed E-state index contributed by atoms with van der Waals surface area (Å²) >= 11 is 1.01. The van der Waals surface area contributed by atoms with Gasteiger partial charge >= 0.3 is 11.0 Å². The number of thiophene rings is 1. The van der Waals surface area contributed by atoms with Crippen molar-refractivity contribution in [1.29, 1.82) is 0 Å². The van der Waals surface area contributed by atoms with E-state index in [1.807, 2.05) is 6.07 Å². The van der Waals surface area contributed by atoms with E-state index in [1.54, 1.807) is 38.1 Å². The van der Waals surface area contributed by atoms with E-state index in [2.05, 4.69) is 0 Å². The number of hydrogen-bond donors (Lipinski definition) is 2. The molecule has 278 valence electrons. The highest BCUT2D eigenvalue weighted by Crippen LogP contribution is 2.57. The highest BCUT2D eigenvalue weighted by Gasteiger charge is 2.56. The predicted molar refractivity (Wildman–Crippen MR) is 177 cm³/mol. The van der Waals surface area contributed by atoms with Crippen LogP contribution < -0.4 is 23.7 Å². The number of nitro groups is 1. The topological polar surface area (TPSA) is 193 Å². The molecule has 3 aromatic rings. The maximum atomic E-state index is 13.7. The minimum atomic E-state index is -1.47. The summed E-state index contributed by atoms with van der Waals surface area (Å²) < 4.78 is 59.1. The van der Waals surface area contributed by atoms with Gasteiger partial charge in [0.1, 0.15) is 30.5 Å². The largest absolute Gasteiger partial charge is 0.493 e. The Balaban J connectivity index is 1.18. The number of methoxy groups -OCH3 is 2.